The molecule has 0 spiro atoms. The van der Waals surface area contributed by atoms with Gasteiger partial charge in [0.2, 0.25) is 0 Å². The molecular weight excluding hydrogens is 650 g/mol. The number of halogens is 7. The molecule has 0 radical (unpaired) electrons. The van der Waals surface area contributed by atoms with Crippen LogP contribution in [0.25, 0.3) is 0 Å². The van der Waals surface area contributed by atoms with Gasteiger partial charge in [-0.3, -0.25) is 9.59 Å². The highest BCUT2D eigenvalue weighted by atomic mass is 79.9. The van der Waals surface area contributed by atoms with Crippen LogP contribution in [0, 0.1) is 0 Å². The second kappa shape index (κ2) is 13.4. The molecule has 3 rings (SSSR count). The maximum atomic E-state index is 12.9. The minimum absolute atomic E-state index is 0.0612. The molecule has 0 saturated carbocycles. The van der Waals surface area contributed by atoms with Crippen LogP contribution in [0.4, 0.5) is 18.9 Å². The molecule has 206 valence electrons. The van der Waals surface area contributed by atoms with Crippen molar-refractivity contribution in [3.05, 3.63) is 84.8 Å². The third kappa shape index (κ3) is 8.25. The largest absolute Gasteiger partial charge is 0.490 e. The summed E-state index contributed by atoms with van der Waals surface area (Å²) in [5.41, 5.74) is 1.62. The van der Waals surface area contributed by atoms with Gasteiger partial charge in [-0.15, -0.1) is 0 Å². The van der Waals surface area contributed by atoms with Crippen LogP contribution in [-0.4, -0.2) is 24.6 Å². The number of carbonyl (C=O) groups is 2. The maximum absolute atomic E-state index is 12.9. The number of benzene rings is 3. The highest BCUT2D eigenvalue weighted by Crippen LogP contribution is 2.38. The van der Waals surface area contributed by atoms with Crippen LogP contribution in [0.3, 0.4) is 0 Å². The van der Waals surface area contributed by atoms with E-state index >= 15 is 0 Å². The van der Waals surface area contributed by atoms with E-state index in [1.54, 1.807) is 37.3 Å². The van der Waals surface area contributed by atoms with E-state index in [9.17, 15) is 22.8 Å². The number of ether oxygens (including phenoxy) is 2. The van der Waals surface area contributed by atoms with Gasteiger partial charge in [-0.05, 0) is 70.9 Å². The average molecular weight is 668 g/mol. The number of hydrazone groups is 1. The van der Waals surface area contributed by atoms with Crippen LogP contribution in [0.1, 0.15) is 23.6 Å². The second-order valence-corrected chi connectivity index (χ2v) is 9.67. The second-order valence-electron chi connectivity index (χ2n) is 7.60. The summed E-state index contributed by atoms with van der Waals surface area (Å²) in [4.78, 5) is 24.3. The predicted octanol–water partition coefficient (Wildman–Crippen LogP) is 7.49. The predicted molar refractivity (Wildman–Crippen MR) is 147 cm³/mol. The number of rotatable bonds is 8. The van der Waals surface area contributed by atoms with Gasteiger partial charge in [-0.25, -0.2) is 5.43 Å². The summed E-state index contributed by atoms with van der Waals surface area (Å²) < 4.78 is 50.8. The normalized spacial score (nSPS) is 11.4. The van der Waals surface area contributed by atoms with Crippen molar-refractivity contribution < 1.29 is 32.2 Å². The van der Waals surface area contributed by atoms with Gasteiger partial charge in [0.05, 0.1) is 33.6 Å². The van der Waals surface area contributed by atoms with Gasteiger partial charge in [0.25, 0.3) is 0 Å². The number of alkyl halides is 3. The van der Waals surface area contributed by atoms with E-state index in [1.807, 2.05) is 10.7 Å². The SMILES string of the molecule is CCOc1cc(/C=N/NC(=O)C(=O)Nc2cc(C(F)(F)F)ccc2Cl)cc(Br)c1OCc1c(Cl)cccc1Cl. The number of nitrogens with zero attached hydrogens (tertiary/aromatic N) is 1. The van der Waals surface area contributed by atoms with Gasteiger partial charge in [0, 0.05) is 15.6 Å². The summed E-state index contributed by atoms with van der Waals surface area (Å²) in [6.07, 6.45) is -3.43. The third-order valence-electron chi connectivity index (χ3n) is 4.88. The Kier molecular flexibility index (Phi) is 10.5. The molecule has 0 saturated heterocycles. The highest BCUT2D eigenvalue weighted by molar-refractivity contribution is 9.10. The molecule has 0 bridgehead atoms. The Morgan fingerprint density at radius 1 is 1.00 bits per heavy atom. The molecule has 0 atom stereocenters. The number of nitrogens with one attached hydrogen (secondary N) is 2. The lowest BCUT2D eigenvalue weighted by Crippen LogP contribution is -2.32. The fourth-order valence-corrected chi connectivity index (χ4v) is 4.32. The van der Waals surface area contributed by atoms with Gasteiger partial charge in [-0.2, -0.15) is 18.3 Å². The molecule has 0 aromatic heterocycles. The van der Waals surface area contributed by atoms with E-state index in [2.05, 4.69) is 21.0 Å². The van der Waals surface area contributed by atoms with Gasteiger partial charge >= 0.3 is 18.0 Å². The molecule has 0 aliphatic rings. The number of carbonyl (C=O) groups excluding carboxylic acids is 2. The maximum Gasteiger partial charge on any atom is 0.416 e. The van der Waals surface area contributed by atoms with Gasteiger partial charge in [-0.1, -0.05) is 40.9 Å². The van der Waals surface area contributed by atoms with Crippen LogP contribution < -0.4 is 20.2 Å². The van der Waals surface area contributed by atoms with Crippen molar-refractivity contribution in [2.75, 3.05) is 11.9 Å². The first-order valence-corrected chi connectivity index (χ1v) is 12.9. The minimum Gasteiger partial charge on any atom is -0.490 e. The van der Waals surface area contributed by atoms with Crippen molar-refractivity contribution in [1.82, 2.24) is 5.43 Å². The summed E-state index contributed by atoms with van der Waals surface area (Å²) in [5.74, 6) is -1.79. The lowest BCUT2D eigenvalue weighted by molar-refractivity contribution is -0.137. The molecule has 14 heteroatoms. The fraction of sp³-hybridized carbons (Fsp3) is 0.160. The van der Waals surface area contributed by atoms with Crippen molar-refractivity contribution in [2.24, 2.45) is 5.10 Å². The van der Waals surface area contributed by atoms with Crippen LogP contribution >= 0.6 is 50.7 Å². The molecular formula is C25H18BrCl3F3N3O4. The van der Waals surface area contributed by atoms with Crippen LogP contribution in [0.5, 0.6) is 11.5 Å². The summed E-state index contributed by atoms with van der Waals surface area (Å²) in [6.45, 7) is 2.15. The number of hydrogen-bond acceptors (Lipinski definition) is 5. The molecule has 0 aliphatic carbocycles. The molecule has 2 N–H and O–H groups in total. The quantitative estimate of drug-likeness (QED) is 0.148. The van der Waals surface area contributed by atoms with Crippen molar-refractivity contribution in [3.63, 3.8) is 0 Å². The van der Waals surface area contributed by atoms with E-state index in [4.69, 9.17) is 44.3 Å². The van der Waals surface area contributed by atoms with E-state index in [0.717, 1.165) is 12.1 Å². The highest BCUT2D eigenvalue weighted by Gasteiger charge is 2.31. The van der Waals surface area contributed by atoms with E-state index in [1.165, 1.54) is 6.21 Å². The average Bonchev–Trinajstić information content (AvgIpc) is 2.85. The Morgan fingerprint density at radius 2 is 1.69 bits per heavy atom. The number of amides is 2. The zero-order valence-electron chi connectivity index (χ0n) is 19.8. The van der Waals surface area contributed by atoms with Crippen molar-refractivity contribution >= 4 is 74.4 Å². The first kappa shape index (κ1) is 30.6. The fourth-order valence-electron chi connectivity index (χ4n) is 3.07. The van der Waals surface area contributed by atoms with Gasteiger partial charge < -0.3 is 14.8 Å². The van der Waals surface area contributed by atoms with E-state index < -0.39 is 23.6 Å². The molecule has 2 amide bonds. The summed E-state index contributed by atoms with van der Waals surface area (Å²) in [5, 5.41) is 6.45. The number of hydrogen-bond donors (Lipinski definition) is 2. The Bertz CT molecular complexity index is 1400. The standard InChI is InChI=1S/C25H18BrCl3F3N3O4/c1-2-38-21-9-13(8-16(26)22(21)39-12-15-17(27)4-3-5-18(15)28)11-33-35-24(37)23(36)34-20-10-14(25(30,31)32)6-7-19(20)29/h3-11H,2,12H2,1H3,(H,34,36)(H,35,37)/b33-11+. The Morgan fingerprint density at radius 3 is 2.33 bits per heavy atom. The molecule has 0 aliphatic heterocycles. The minimum atomic E-state index is -4.66. The lowest BCUT2D eigenvalue weighted by Gasteiger charge is -2.15. The Labute approximate surface area is 244 Å². The van der Waals surface area contributed by atoms with Crippen LogP contribution in [0.2, 0.25) is 15.1 Å². The zero-order valence-corrected chi connectivity index (χ0v) is 23.7. The van der Waals surface area contributed by atoms with E-state index in [-0.39, 0.29) is 17.3 Å². The summed E-state index contributed by atoms with van der Waals surface area (Å²) in [6, 6.07) is 10.6. The monoisotopic (exact) mass is 665 g/mol. The van der Waals surface area contributed by atoms with Crippen LogP contribution in [-0.2, 0) is 22.4 Å². The molecule has 0 unspecified atom stereocenters. The number of anilines is 1. The lowest BCUT2D eigenvalue weighted by atomic mass is 10.2. The molecule has 3 aromatic carbocycles. The molecule has 0 fully saturated rings. The summed E-state index contributed by atoms with van der Waals surface area (Å²) in [7, 11) is 0. The van der Waals surface area contributed by atoms with Crippen molar-refractivity contribution in [3.8, 4) is 11.5 Å². The molecule has 7 nitrogen and oxygen atoms in total. The first-order chi connectivity index (χ1) is 18.4. The van der Waals surface area contributed by atoms with E-state index in [0.29, 0.717) is 49.8 Å². The smallest absolute Gasteiger partial charge is 0.416 e. The molecule has 3 aromatic rings. The Hall–Kier alpha value is -2.99. The Balaban J connectivity index is 1.69. The van der Waals surface area contributed by atoms with Crippen molar-refractivity contribution in [2.45, 2.75) is 19.7 Å². The first-order valence-electron chi connectivity index (χ1n) is 10.9. The van der Waals surface area contributed by atoms with Crippen molar-refractivity contribution in [1.29, 1.82) is 0 Å². The topological polar surface area (TPSA) is 89.0 Å². The molecule has 39 heavy (non-hydrogen) atoms. The zero-order chi connectivity index (χ0) is 28.7. The van der Waals surface area contributed by atoms with Crippen LogP contribution in [0.15, 0.2) is 58.1 Å². The molecule has 0 heterocycles. The summed E-state index contributed by atoms with van der Waals surface area (Å²) >= 11 is 21.7. The van der Waals surface area contributed by atoms with Gasteiger partial charge in [0.15, 0.2) is 11.5 Å². The third-order valence-corrected chi connectivity index (χ3v) is 6.51. The van der Waals surface area contributed by atoms with Gasteiger partial charge in [0.1, 0.15) is 6.61 Å².